The summed E-state index contributed by atoms with van der Waals surface area (Å²) in [5.41, 5.74) is 6.72. The highest BCUT2D eigenvalue weighted by Crippen LogP contribution is 2.25. The molecule has 0 saturated heterocycles. The molecule has 126 valence electrons. The molecule has 7 heteroatoms. The van der Waals surface area contributed by atoms with Crippen molar-refractivity contribution >= 4 is 22.6 Å². The summed E-state index contributed by atoms with van der Waals surface area (Å²) in [5.74, 6) is 0.259. The summed E-state index contributed by atoms with van der Waals surface area (Å²) in [6.45, 7) is 3.24. The number of nitrogens with zero attached hydrogens (tertiary/aromatic N) is 1. The first kappa shape index (κ1) is 19.4. The number of nitrogens with two attached hydrogens (primary N) is 1. The van der Waals surface area contributed by atoms with E-state index in [2.05, 4.69) is 4.72 Å². The Bertz CT molecular complexity index is 539. The summed E-state index contributed by atoms with van der Waals surface area (Å²) < 4.78 is 29.4. The molecule has 0 spiro atoms. The van der Waals surface area contributed by atoms with E-state index in [0.29, 0.717) is 19.6 Å². The predicted octanol–water partition coefficient (Wildman–Crippen LogP) is 1.89. The van der Waals surface area contributed by atoms with Gasteiger partial charge in [-0.05, 0) is 30.9 Å². The number of halogens is 1. The van der Waals surface area contributed by atoms with Crippen molar-refractivity contribution in [1.29, 1.82) is 0 Å². The van der Waals surface area contributed by atoms with E-state index in [1.54, 1.807) is 0 Å². The van der Waals surface area contributed by atoms with Gasteiger partial charge >= 0.3 is 0 Å². The molecule has 5 nitrogen and oxygen atoms in total. The van der Waals surface area contributed by atoms with Crippen LogP contribution in [0, 0.1) is 5.92 Å². The molecule has 0 heterocycles. The predicted molar refractivity (Wildman–Crippen MR) is 92.0 cm³/mol. The third-order valence-electron chi connectivity index (χ3n) is 4.16. The van der Waals surface area contributed by atoms with Crippen LogP contribution in [0.25, 0.3) is 0 Å². The van der Waals surface area contributed by atoms with E-state index in [4.69, 9.17) is 5.73 Å². The van der Waals surface area contributed by atoms with Crippen LogP contribution < -0.4 is 10.5 Å². The van der Waals surface area contributed by atoms with Crippen LogP contribution in [0.4, 0.5) is 0 Å². The van der Waals surface area contributed by atoms with Crippen LogP contribution in [0.1, 0.15) is 31.7 Å². The van der Waals surface area contributed by atoms with Crippen LogP contribution in [0.3, 0.4) is 0 Å². The maximum absolute atomic E-state index is 12.6. The SMILES string of the molecule is CCN(Cc1ccccc1)S(=O)(=O)NC1CCCC1CN.Cl. The molecule has 3 N–H and O–H groups in total. The number of benzene rings is 1. The minimum atomic E-state index is -3.47. The van der Waals surface area contributed by atoms with Gasteiger partial charge in [0, 0.05) is 19.1 Å². The first-order valence-corrected chi connectivity index (χ1v) is 9.02. The Labute approximate surface area is 139 Å². The van der Waals surface area contributed by atoms with Crippen LogP contribution >= 0.6 is 12.4 Å². The summed E-state index contributed by atoms with van der Waals surface area (Å²) in [7, 11) is -3.47. The fourth-order valence-electron chi connectivity index (χ4n) is 2.89. The number of rotatable bonds is 7. The average Bonchev–Trinajstić information content (AvgIpc) is 2.92. The zero-order chi connectivity index (χ0) is 15.3. The van der Waals surface area contributed by atoms with Gasteiger partial charge in [-0.1, -0.05) is 43.7 Å². The Morgan fingerprint density at radius 3 is 2.55 bits per heavy atom. The van der Waals surface area contributed by atoms with Gasteiger partial charge in [0.05, 0.1) is 0 Å². The van der Waals surface area contributed by atoms with Gasteiger partial charge in [0.15, 0.2) is 0 Å². The monoisotopic (exact) mass is 347 g/mol. The van der Waals surface area contributed by atoms with E-state index >= 15 is 0 Å². The first-order valence-electron chi connectivity index (χ1n) is 7.58. The summed E-state index contributed by atoms with van der Waals surface area (Å²) in [5, 5.41) is 0. The second kappa shape index (κ2) is 8.84. The normalized spacial score (nSPS) is 21.8. The molecular weight excluding hydrogens is 322 g/mol. The average molecular weight is 348 g/mol. The van der Waals surface area contributed by atoms with Crippen molar-refractivity contribution in [2.75, 3.05) is 13.1 Å². The molecule has 2 rings (SSSR count). The third-order valence-corrected chi connectivity index (χ3v) is 5.82. The van der Waals surface area contributed by atoms with Crippen molar-refractivity contribution in [1.82, 2.24) is 9.03 Å². The molecule has 2 unspecified atom stereocenters. The van der Waals surface area contributed by atoms with Gasteiger partial charge < -0.3 is 5.73 Å². The van der Waals surface area contributed by atoms with E-state index in [1.165, 1.54) is 4.31 Å². The lowest BCUT2D eigenvalue weighted by atomic mass is 10.1. The van der Waals surface area contributed by atoms with Crippen molar-refractivity contribution < 1.29 is 8.42 Å². The van der Waals surface area contributed by atoms with Gasteiger partial charge in [-0.25, -0.2) is 0 Å². The molecule has 1 aromatic rings. The van der Waals surface area contributed by atoms with Gasteiger partial charge in [-0.15, -0.1) is 12.4 Å². The molecule has 1 aromatic carbocycles. The van der Waals surface area contributed by atoms with E-state index in [0.717, 1.165) is 24.8 Å². The Hall–Kier alpha value is -0.660. The molecule has 1 fully saturated rings. The van der Waals surface area contributed by atoms with Gasteiger partial charge in [-0.2, -0.15) is 17.4 Å². The van der Waals surface area contributed by atoms with E-state index in [1.807, 2.05) is 37.3 Å². The summed E-state index contributed by atoms with van der Waals surface area (Å²) in [4.78, 5) is 0. The van der Waals surface area contributed by atoms with Crippen molar-refractivity contribution in [3.05, 3.63) is 35.9 Å². The molecule has 0 radical (unpaired) electrons. The minimum absolute atomic E-state index is 0. The maximum Gasteiger partial charge on any atom is 0.280 e. The molecule has 0 amide bonds. The lowest BCUT2D eigenvalue weighted by molar-refractivity contribution is 0.389. The fraction of sp³-hybridized carbons (Fsp3) is 0.600. The Morgan fingerprint density at radius 2 is 1.95 bits per heavy atom. The topological polar surface area (TPSA) is 75.4 Å². The highest BCUT2D eigenvalue weighted by Gasteiger charge is 2.31. The third kappa shape index (κ3) is 4.93. The van der Waals surface area contributed by atoms with Crippen LogP contribution in [-0.4, -0.2) is 31.9 Å². The highest BCUT2D eigenvalue weighted by atomic mass is 35.5. The molecule has 0 aromatic heterocycles. The molecule has 1 aliphatic carbocycles. The minimum Gasteiger partial charge on any atom is -0.330 e. The van der Waals surface area contributed by atoms with Gasteiger partial charge in [-0.3, -0.25) is 0 Å². The van der Waals surface area contributed by atoms with E-state index < -0.39 is 10.2 Å². The lowest BCUT2D eigenvalue weighted by Crippen LogP contribution is -2.47. The number of hydrogen-bond acceptors (Lipinski definition) is 3. The van der Waals surface area contributed by atoms with Crippen molar-refractivity contribution in [3.8, 4) is 0 Å². The highest BCUT2D eigenvalue weighted by molar-refractivity contribution is 7.87. The zero-order valence-corrected chi connectivity index (χ0v) is 14.6. The summed E-state index contributed by atoms with van der Waals surface area (Å²) in [6.07, 6.45) is 2.93. The number of nitrogens with one attached hydrogen (secondary N) is 1. The molecule has 2 atom stereocenters. The van der Waals surface area contributed by atoms with Crippen molar-refractivity contribution in [3.63, 3.8) is 0 Å². The van der Waals surface area contributed by atoms with Crippen LogP contribution in [0.2, 0.25) is 0 Å². The van der Waals surface area contributed by atoms with Crippen LogP contribution in [0.5, 0.6) is 0 Å². The van der Waals surface area contributed by atoms with Gasteiger partial charge in [0.2, 0.25) is 0 Å². The molecular formula is C15H26ClN3O2S. The van der Waals surface area contributed by atoms with Crippen LogP contribution in [-0.2, 0) is 16.8 Å². The van der Waals surface area contributed by atoms with Crippen LogP contribution in [0.15, 0.2) is 30.3 Å². The standard InChI is InChI=1S/C15H25N3O2S.ClH/c1-2-18(12-13-7-4-3-5-8-13)21(19,20)17-15-10-6-9-14(15)11-16;/h3-5,7-8,14-15,17H,2,6,9-12,16H2,1H3;1H. The van der Waals surface area contributed by atoms with Crippen molar-refractivity contribution in [2.24, 2.45) is 11.7 Å². The maximum atomic E-state index is 12.6. The Kier molecular flexibility index (Phi) is 7.79. The fourth-order valence-corrected chi connectivity index (χ4v) is 4.39. The molecule has 0 bridgehead atoms. The second-order valence-corrected chi connectivity index (χ2v) is 7.27. The van der Waals surface area contributed by atoms with Gasteiger partial charge in [0.25, 0.3) is 10.2 Å². The first-order chi connectivity index (χ1) is 10.1. The molecule has 22 heavy (non-hydrogen) atoms. The Morgan fingerprint density at radius 1 is 1.27 bits per heavy atom. The second-order valence-electron chi connectivity index (χ2n) is 5.57. The summed E-state index contributed by atoms with van der Waals surface area (Å²) >= 11 is 0. The largest absolute Gasteiger partial charge is 0.330 e. The smallest absolute Gasteiger partial charge is 0.280 e. The molecule has 1 saturated carbocycles. The zero-order valence-electron chi connectivity index (χ0n) is 12.9. The van der Waals surface area contributed by atoms with E-state index in [-0.39, 0.29) is 24.4 Å². The number of hydrogen-bond donors (Lipinski definition) is 2. The molecule has 1 aliphatic rings. The Balaban J connectivity index is 0.00000242. The van der Waals surface area contributed by atoms with Crippen molar-refractivity contribution in [2.45, 2.75) is 38.8 Å². The molecule has 0 aliphatic heterocycles. The summed E-state index contributed by atoms with van der Waals surface area (Å²) in [6, 6.07) is 9.63. The van der Waals surface area contributed by atoms with Gasteiger partial charge in [0.1, 0.15) is 0 Å². The lowest BCUT2D eigenvalue weighted by Gasteiger charge is -2.25. The van der Waals surface area contributed by atoms with E-state index in [9.17, 15) is 8.42 Å². The quantitative estimate of drug-likeness (QED) is 0.790.